The number of halogens is 6. The topological polar surface area (TPSA) is 95.4 Å². The van der Waals surface area contributed by atoms with Crippen LogP contribution in [0.3, 0.4) is 0 Å². The van der Waals surface area contributed by atoms with Crippen LogP contribution in [0.25, 0.3) is 55.4 Å². The minimum atomic E-state index is 0.371. The molecule has 0 unspecified atom stereocenters. The largest absolute Gasteiger partial charge is 0.383 e. The third kappa shape index (κ3) is 6.80. The molecule has 0 bridgehead atoms. The number of benzene rings is 4. The van der Waals surface area contributed by atoms with Gasteiger partial charge >= 0.3 is 0 Å². The monoisotopic (exact) mass is 867 g/mol. The Labute approximate surface area is 325 Å². The quantitative estimate of drug-likeness (QED) is 0.137. The number of hydrogen-bond acceptors (Lipinski definition) is 6. The molecule has 0 aliphatic rings. The van der Waals surface area contributed by atoms with Crippen molar-refractivity contribution < 1.29 is 0 Å². The molecule has 7 nitrogen and oxygen atoms in total. The fourth-order valence-corrected chi connectivity index (χ4v) is 7.55. The maximum atomic E-state index is 6.51. The third-order valence-corrected chi connectivity index (χ3v) is 10.3. The molecule has 4 heterocycles. The first-order valence-corrected chi connectivity index (χ1v) is 18.2. The highest BCUT2D eigenvalue weighted by Crippen LogP contribution is 2.35. The molecule has 50 heavy (non-hydrogen) atoms. The van der Waals surface area contributed by atoms with E-state index in [4.69, 9.17) is 68.7 Å². The number of hydrogen-bond donors (Lipinski definition) is 1. The molecule has 4 aromatic carbocycles. The maximum absolute atomic E-state index is 6.51. The van der Waals surface area contributed by atoms with Gasteiger partial charge in [0.25, 0.3) is 0 Å². The molecule has 4 aromatic heterocycles. The number of alkyl halides is 1. The third-order valence-electron chi connectivity index (χ3n) is 7.99. The molecule has 0 amide bonds. The van der Waals surface area contributed by atoms with E-state index in [1.54, 1.807) is 0 Å². The van der Waals surface area contributed by atoms with Crippen LogP contribution in [0.15, 0.2) is 103 Å². The Morgan fingerprint density at radius 3 is 1.72 bits per heavy atom. The molecule has 0 aliphatic carbocycles. The highest BCUT2D eigenvalue weighted by Gasteiger charge is 2.18. The summed E-state index contributed by atoms with van der Waals surface area (Å²) in [7, 11) is 0. The standard InChI is InChI=1S/C21H13Cl2IN6.C16H10Cl3N/c22-14-6-2-1-5-13(14)17-12(8-11-4-3-7-15(23)18(11)28-17)9-30-21-16(19(24)29-30)20(25)26-10-27-21;17-9-11-8-10-4-3-7-14(19)16(10)20-15(11)12-5-1-2-6-13(12)18/h1-8,10H,9H2,(H2,25,26,27);1-8H,9H2. The van der Waals surface area contributed by atoms with E-state index in [0.29, 0.717) is 44.0 Å². The summed E-state index contributed by atoms with van der Waals surface area (Å²) in [5.74, 6) is 0.779. The summed E-state index contributed by atoms with van der Waals surface area (Å²) in [5, 5.41) is 9.77. The van der Waals surface area contributed by atoms with E-state index in [0.717, 1.165) is 64.5 Å². The van der Waals surface area contributed by atoms with Crippen molar-refractivity contribution in [2.24, 2.45) is 0 Å². The molecule has 8 rings (SSSR count). The summed E-state index contributed by atoms with van der Waals surface area (Å²) in [6.07, 6.45) is 1.44. The van der Waals surface area contributed by atoms with E-state index >= 15 is 0 Å². The highest BCUT2D eigenvalue weighted by molar-refractivity contribution is 14.1. The molecule has 13 heteroatoms. The Bertz CT molecular complexity index is 2560. The lowest BCUT2D eigenvalue weighted by atomic mass is 10.0. The van der Waals surface area contributed by atoms with E-state index in [1.807, 2.05) is 95.7 Å². The molecule has 8 aromatic rings. The second-order valence-electron chi connectivity index (χ2n) is 11.1. The Balaban J connectivity index is 0.000000170. The van der Waals surface area contributed by atoms with Crippen molar-refractivity contribution in [3.63, 3.8) is 0 Å². The molecule has 248 valence electrons. The van der Waals surface area contributed by atoms with Crippen LogP contribution in [0.1, 0.15) is 11.1 Å². The molecular formula is C37H23Cl5IN7. The van der Waals surface area contributed by atoms with Gasteiger partial charge in [0.05, 0.1) is 44.4 Å². The lowest BCUT2D eigenvalue weighted by molar-refractivity contribution is 0.697. The molecule has 0 radical (unpaired) electrons. The normalized spacial score (nSPS) is 11.2. The number of nitrogens with two attached hydrogens (primary N) is 1. The van der Waals surface area contributed by atoms with Gasteiger partial charge in [0.1, 0.15) is 15.8 Å². The molecule has 0 saturated carbocycles. The summed E-state index contributed by atoms with van der Waals surface area (Å²) in [4.78, 5) is 18.0. The molecule has 0 spiro atoms. The number of para-hydroxylation sites is 2. The van der Waals surface area contributed by atoms with Crippen LogP contribution in [0.5, 0.6) is 0 Å². The zero-order chi connectivity index (χ0) is 34.9. The van der Waals surface area contributed by atoms with E-state index < -0.39 is 0 Å². The van der Waals surface area contributed by atoms with E-state index in [2.05, 4.69) is 48.7 Å². The number of fused-ring (bicyclic) bond motifs is 3. The second-order valence-corrected chi connectivity index (χ2v) is 14.0. The van der Waals surface area contributed by atoms with Crippen molar-refractivity contribution >= 4 is 119 Å². The molecule has 0 saturated heterocycles. The molecule has 0 atom stereocenters. The SMILES string of the molecule is ClCc1cc2cccc(Cl)c2nc1-c1ccccc1Cl.Nc1ncnc2c1c(I)nn2Cc1cc2cccc(Cl)c2nc1-c1ccccc1Cl. The minimum absolute atomic E-state index is 0.371. The van der Waals surface area contributed by atoms with Crippen LogP contribution in [-0.2, 0) is 12.4 Å². The van der Waals surface area contributed by atoms with Crippen molar-refractivity contribution in [3.8, 4) is 22.5 Å². The first-order chi connectivity index (χ1) is 24.2. The molecule has 0 fully saturated rings. The van der Waals surface area contributed by atoms with Crippen molar-refractivity contribution in [3.05, 3.63) is 138 Å². The number of aromatic nitrogens is 6. The molecular weight excluding hydrogens is 847 g/mol. The predicted octanol–water partition coefficient (Wildman–Crippen LogP) is 11.5. The average Bonchev–Trinajstić information content (AvgIpc) is 3.44. The van der Waals surface area contributed by atoms with Crippen LogP contribution < -0.4 is 5.73 Å². The van der Waals surface area contributed by atoms with Gasteiger partial charge in [-0.15, -0.1) is 11.6 Å². The van der Waals surface area contributed by atoms with Gasteiger partial charge in [-0.1, -0.05) is 107 Å². The first-order valence-electron chi connectivity index (χ1n) is 15.1. The Hall–Kier alpha value is -3.77. The highest BCUT2D eigenvalue weighted by atomic mass is 127. The van der Waals surface area contributed by atoms with Gasteiger partial charge in [-0.25, -0.2) is 24.6 Å². The van der Waals surface area contributed by atoms with E-state index in [9.17, 15) is 0 Å². The van der Waals surface area contributed by atoms with Gasteiger partial charge in [0.2, 0.25) is 0 Å². The van der Waals surface area contributed by atoms with Gasteiger partial charge in [-0.3, -0.25) is 0 Å². The summed E-state index contributed by atoms with van der Waals surface area (Å²) in [5.41, 5.74) is 13.3. The predicted molar refractivity (Wildman–Crippen MR) is 216 cm³/mol. The molecule has 2 N–H and O–H groups in total. The van der Waals surface area contributed by atoms with Crippen LogP contribution in [-0.4, -0.2) is 29.7 Å². The van der Waals surface area contributed by atoms with Gasteiger partial charge < -0.3 is 5.73 Å². The van der Waals surface area contributed by atoms with Gasteiger partial charge in [0.15, 0.2) is 5.65 Å². The number of nitrogen functional groups attached to an aromatic ring is 1. The summed E-state index contributed by atoms with van der Waals surface area (Å²) in [6, 6.07) is 30.7. The smallest absolute Gasteiger partial charge is 0.164 e. The fourth-order valence-electron chi connectivity index (χ4n) is 5.67. The lowest BCUT2D eigenvalue weighted by Crippen LogP contribution is -2.06. The number of anilines is 1. The van der Waals surface area contributed by atoms with Crippen molar-refractivity contribution in [1.29, 1.82) is 0 Å². The molecule has 0 aliphatic heterocycles. The zero-order valence-corrected chi connectivity index (χ0v) is 31.7. The summed E-state index contributed by atoms with van der Waals surface area (Å²) >= 11 is 33.6. The van der Waals surface area contributed by atoms with Crippen LogP contribution >= 0.6 is 80.6 Å². The summed E-state index contributed by atoms with van der Waals surface area (Å²) in [6.45, 7) is 0.436. The second kappa shape index (κ2) is 14.8. The Kier molecular flexibility index (Phi) is 10.3. The first kappa shape index (κ1) is 34.7. The zero-order valence-electron chi connectivity index (χ0n) is 25.8. The Morgan fingerprint density at radius 2 is 1.16 bits per heavy atom. The van der Waals surface area contributed by atoms with E-state index in [1.165, 1.54) is 6.33 Å². The number of pyridine rings is 2. The van der Waals surface area contributed by atoms with Crippen LogP contribution in [0.2, 0.25) is 20.1 Å². The lowest BCUT2D eigenvalue weighted by Gasteiger charge is -2.13. The van der Waals surface area contributed by atoms with Crippen LogP contribution in [0, 0.1) is 3.70 Å². The number of nitrogens with zero attached hydrogens (tertiary/aromatic N) is 6. The van der Waals surface area contributed by atoms with Crippen molar-refractivity contribution in [2.75, 3.05) is 5.73 Å². The van der Waals surface area contributed by atoms with Crippen LogP contribution in [0.4, 0.5) is 5.82 Å². The van der Waals surface area contributed by atoms with Crippen molar-refractivity contribution in [2.45, 2.75) is 12.4 Å². The number of rotatable bonds is 5. The fraction of sp³-hybridized carbons (Fsp3) is 0.0541. The van der Waals surface area contributed by atoms with Crippen molar-refractivity contribution in [1.82, 2.24) is 29.7 Å². The Morgan fingerprint density at radius 1 is 0.640 bits per heavy atom. The maximum Gasteiger partial charge on any atom is 0.164 e. The van der Waals surface area contributed by atoms with E-state index in [-0.39, 0.29) is 0 Å². The average molecular weight is 870 g/mol. The summed E-state index contributed by atoms with van der Waals surface area (Å²) < 4.78 is 2.56. The minimum Gasteiger partial charge on any atom is -0.383 e. The van der Waals surface area contributed by atoms with Gasteiger partial charge in [-0.2, -0.15) is 5.10 Å². The van der Waals surface area contributed by atoms with Gasteiger partial charge in [0, 0.05) is 43.4 Å². The van der Waals surface area contributed by atoms with Gasteiger partial charge in [-0.05, 0) is 64.6 Å².